The zero-order chi connectivity index (χ0) is 12.6. The molecule has 5 rings (SSSR count). The zero-order valence-corrected chi connectivity index (χ0v) is 12.3. The minimum atomic E-state index is 0.692. The fourth-order valence-corrected chi connectivity index (χ4v) is 7.05. The summed E-state index contributed by atoms with van der Waals surface area (Å²) in [6.07, 6.45) is 15.0. The molecule has 0 bridgehead atoms. The molecule has 4 saturated carbocycles. The maximum atomic E-state index is 5.86. The predicted octanol–water partition coefficient (Wildman–Crippen LogP) is 4.41. The number of hydrogen-bond donors (Lipinski definition) is 0. The van der Waals surface area contributed by atoms with Crippen molar-refractivity contribution in [3.05, 3.63) is 0 Å². The summed E-state index contributed by atoms with van der Waals surface area (Å²) in [6.45, 7) is 2.62. The minimum absolute atomic E-state index is 0.692. The van der Waals surface area contributed by atoms with Crippen LogP contribution in [0, 0.1) is 35.0 Å². The van der Waals surface area contributed by atoms with Gasteiger partial charge in [0.1, 0.15) is 0 Å². The molecular weight excluding hydrogens is 232 g/mol. The Morgan fingerprint density at radius 3 is 2.68 bits per heavy atom. The Hall–Kier alpha value is -0.0400. The fourth-order valence-electron chi connectivity index (χ4n) is 7.05. The molecule has 5 aliphatic rings. The molecule has 1 heteroatoms. The maximum absolute atomic E-state index is 5.86. The average Bonchev–Trinajstić information content (AvgIpc) is 3.05. The van der Waals surface area contributed by atoms with Crippen LogP contribution in [0.25, 0.3) is 0 Å². The lowest BCUT2D eigenvalue weighted by molar-refractivity contribution is -0.0455. The van der Waals surface area contributed by atoms with Crippen molar-refractivity contribution in [2.75, 3.05) is 0 Å². The standard InChI is InChI=1S/C18H28O/c1-18-7-2-3-15(18)13-5-4-11-9-16-17(19-16)10-14(11)12(13)6-8-18/h11-17H,2-10H2,1H3/t11?,12-,13+,14-,15-,16?,17?,18-/m0/s1. The first-order valence-electron chi connectivity index (χ1n) is 8.90. The van der Waals surface area contributed by atoms with Crippen molar-refractivity contribution < 1.29 is 4.74 Å². The van der Waals surface area contributed by atoms with Crippen LogP contribution in [-0.2, 0) is 4.74 Å². The summed E-state index contributed by atoms with van der Waals surface area (Å²) in [7, 11) is 0. The van der Waals surface area contributed by atoms with Crippen molar-refractivity contribution in [1.82, 2.24) is 0 Å². The fraction of sp³-hybridized carbons (Fsp3) is 1.00. The lowest BCUT2D eigenvalue weighted by Gasteiger charge is -2.54. The Morgan fingerprint density at radius 1 is 0.842 bits per heavy atom. The van der Waals surface area contributed by atoms with Crippen LogP contribution in [0.1, 0.15) is 64.7 Å². The number of fused-ring (bicyclic) bond motifs is 6. The number of rotatable bonds is 0. The largest absolute Gasteiger partial charge is 0.370 e. The minimum Gasteiger partial charge on any atom is -0.370 e. The molecule has 0 aromatic heterocycles. The molecule has 1 aliphatic heterocycles. The summed E-state index contributed by atoms with van der Waals surface area (Å²) in [5.41, 5.74) is 0.737. The van der Waals surface area contributed by atoms with Gasteiger partial charge in [0, 0.05) is 0 Å². The highest BCUT2D eigenvalue weighted by Gasteiger charge is 2.57. The number of epoxide rings is 1. The molecule has 0 aromatic carbocycles. The molecule has 5 fully saturated rings. The predicted molar refractivity (Wildman–Crippen MR) is 75.8 cm³/mol. The van der Waals surface area contributed by atoms with E-state index in [4.69, 9.17) is 4.74 Å². The Labute approximate surface area is 117 Å². The molecule has 0 radical (unpaired) electrons. The van der Waals surface area contributed by atoms with Gasteiger partial charge < -0.3 is 4.74 Å². The van der Waals surface area contributed by atoms with Crippen LogP contribution in [0.5, 0.6) is 0 Å². The van der Waals surface area contributed by atoms with Crippen LogP contribution >= 0.6 is 0 Å². The normalized spacial score (nSPS) is 62.7. The van der Waals surface area contributed by atoms with Crippen LogP contribution in [0.3, 0.4) is 0 Å². The Morgan fingerprint density at radius 2 is 1.74 bits per heavy atom. The monoisotopic (exact) mass is 260 g/mol. The van der Waals surface area contributed by atoms with Crippen LogP contribution in [0.15, 0.2) is 0 Å². The van der Waals surface area contributed by atoms with Gasteiger partial charge in [0.2, 0.25) is 0 Å². The first-order chi connectivity index (χ1) is 9.24. The van der Waals surface area contributed by atoms with Gasteiger partial charge in [0.05, 0.1) is 12.2 Å². The quantitative estimate of drug-likeness (QED) is 0.588. The lowest BCUT2D eigenvalue weighted by Crippen LogP contribution is -2.47. The molecular formula is C18H28O. The summed E-state index contributed by atoms with van der Waals surface area (Å²) in [5, 5.41) is 0. The second-order valence-corrected chi connectivity index (χ2v) is 8.70. The van der Waals surface area contributed by atoms with Gasteiger partial charge in [0.25, 0.3) is 0 Å². The van der Waals surface area contributed by atoms with E-state index >= 15 is 0 Å². The summed E-state index contributed by atoms with van der Waals surface area (Å²) < 4.78 is 5.86. The van der Waals surface area contributed by atoms with Crippen molar-refractivity contribution in [3.8, 4) is 0 Å². The first kappa shape index (κ1) is 11.6. The van der Waals surface area contributed by atoms with Crippen molar-refractivity contribution in [2.45, 2.75) is 76.9 Å². The lowest BCUT2D eigenvalue weighted by atomic mass is 9.51. The van der Waals surface area contributed by atoms with E-state index in [9.17, 15) is 0 Å². The van der Waals surface area contributed by atoms with E-state index in [2.05, 4.69) is 6.92 Å². The molecule has 1 saturated heterocycles. The highest BCUT2D eigenvalue weighted by Crippen LogP contribution is 2.63. The molecule has 0 N–H and O–H groups in total. The molecule has 0 spiro atoms. The third-order valence-electron chi connectivity index (χ3n) is 8.03. The second-order valence-electron chi connectivity index (χ2n) is 8.70. The molecule has 1 nitrogen and oxygen atoms in total. The van der Waals surface area contributed by atoms with E-state index in [1.165, 1.54) is 38.5 Å². The van der Waals surface area contributed by atoms with Crippen LogP contribution in [-0.4, -0.2) is 12.2 Å². The van der Waals surface area contributed by atoms with Crippen LogP contribution in [0.4, 0.5) is 0 Å². The smallest absolute Gasteiger partial charge is 0.0844 e. The van der Waals surface area contributed by atoms with Crippen molar-refractivity contribution >= 4 is 0 Å². The van der Waals surface area contributed by atoms with E-state index in [1.807, 2.05) is 0 Å². The van der Waals surface area contributed by atoms with Crippen molar-refractivity contribution in [1.29, 1.82) is 0 Å². The highest BCUT2D eigenvalue weighted by molar-refractivity contribution is 5.06. The van der Waals surface area contributed by atoms with Gasteiger partial charge in [-0.25, -0.2) is 0 Å². The van der Waals surface area contributed by atoms with Gasteiger partial charge in [-0.3, -0.25) is 0 Å². The molecule has 4 aliphatic carbocycles. The van der Waals surface area contributed by atoms with Crippen LogP contribution < -0.4 is 0 Å². The van der Waals surface area contributed by atoms with E-state index in [0.29, 0.717) is 12.2 Å². The van der Waals surface area contributed by atoms with Gasteiger partial charge in [-0.1, -0.05) is 13.3 Å². The Balaban J connectivity index is 1.43. The van der Waals surface area contributed by atoms with E-state index < -0.39 is 0 Å². The van der Waals surface area contributed by atoms with Crippen LogP contribution in [0.2, 0.25) is 0 Å². The van der Waals surface area contributed by atoms with Crippen molar-refractivity contribution in [3.63, 3.8) is 0 Å². The Kier molecular flexibility index (Phi) is 2.31. The summed E-state index contributed by atoms with van der Waals surface area (Å²) in [5.74, 6) is 5.35. The van der Waals surface area contributed by atoms with Gasteiger partial charge in [0.15, 0.2) is 0 Å². The molecule has 0 amide bonds. The Bertz CT molecular complexity index is 391. The third kappa shape index (κ3) is 1.57. The maximum Gasteiger partial charge on any atom is 0.0844 e. The average molecular weight is 260 g/mol. The number of ether oxygens (including phenoxy) is 1. The molecule has 3 unspecified atom stereocenters. The molecule has 19 heavy (non-hydrogen) atoms. The SMILES string of the molecule is C[C@@]12CCC[C@H]1[C@@H]1CCC3CC4OC4C[C@@H]3[C@H]1CC2. The summed E-state index contributed by atoms with van der Waals surface area (Å²) in [6, 6.07) is 0. The molecule has 8 atom stereocenters. The second kappa shape index (κ2) is 3.78. The van der Waals surface area contributed by atoms with E-state index in [1.54, 1.807) is 19.3 Å². The van der Waals surface area contributed by atoms with E-state index in [-0.39, 0.29) is 0 Å². The molecule has 0 aromatic rings. The van der Waals surface area contributed by atoms with E-state index in [0.717, 1.165) is 35.0 Å². The van der Waals surface area contributed by atoms with Crippen molar-refractivity contribution in [2.24, 2.45) is 35.0 Å². The molecule has 1 heterocycles. The zero-order valence-electron chi connectivity index (χ0n) is 12.3. The third-order valence-corrected chi connectivity index (χ3v) is 8.03. The highest BCUT2D eigenvalue weighted by atomic mass is 16.6. The number of hydrogen-bond acceptors (Lipinski definition) is 1. The summed E-state index contributed by atoms with van der Waals surface area (Å²) >= 11 is 0. The van der Waals surface area contributed by atoms with Gasteiger partial charge in [-0.05, 0) is 86.4 Å². The topological polar surface area (TPSA) is 12.5 Å². The molecule has 106 valence electrons. The summed E-state index contributed by atoms with van der Waals surface area (Å²) in [4.78, 5) is 0. The van der Waals surface area contributed by atoms with Gasteiger partial charge in [-0.15, -0.1) is 0 Å². The van der Waals surface area contributed by atoms with Gasteiger partial charge in [-0.2, -0.15) is 0 Å². The van der Waals surface area contributed by atoms with Gasteiger partial charge >= 0.3 is 0 Å². The first-order valence-corrected chi connectivity index (χ1v) is 8.90.